The van der Waals surface area contributed by atoms with Crippen LogP contribution >= 0.6 is 0 Å². The van der Waals surface area contributed by atoms with E-state index in [9.17, 15) is 13.2 Å². The number of anilines is 1. The molecule has 0 aromatic heterocycles. The summed E-state index contributed by atoms with van der Waals surface area (Å²) in [7, 11) is -3.81. The van der Waals surface area contributed by atoms with E-state index in [1.165, 1.54) is 12.1 Å². The molecule has 0 radical (unpaired) electrons. The van der Waals surface area contributed by atoms with Crippen molar-refractivity contribution in [2.24, 2.45) is 5.84 Å². The van der Waals surface area contributed by atoms with Gasteiger partial charge in [0, 0.05) is 5.54 Å². The maximum absolute atomic E-state index is 12.1. The van der Waals surface area contributed by atoms with E-state index in [2.05, 4.69) is 15.5 Å². The van der Waals surface area contributed by atoms with E-state index in [1.54, 1.807) is 12.1 Å². The summed E-state index contributed by atoms with van der Waals surface area (Å²) in [5, 5.41) is 2.67. The molecular formula is C12H20N4O3S. The number of carbonyl (C=O) groups excluding carboxylic acids is 1. The number of hydrogen-bond acceptors (Lipinski definition) is 5. The molecule has 0 bridgehead atoms. The zero-order chi connectivity index (χ0) is 15.4. The van der Waals surface area contributed by atoms with Gasteiger partial charge in [0.05, 0.1) is 12.2 Å². The summed E-state index contributed by atoms with van der Waals surface area (Å²) in [5.74, 6) is 4.86. The molecule has 0 aliphatic carbocycles. The van der Waals surface area contributed by atoms with Crippen LogP contribution in [0.3, 0.4) is 0 Å². The summed E-state index contributed by atoms with van der Waals surface area (Å²) >= 11 is 0. The Kier molecular flexibility index (Phi) is 5.09. The highest BCUT2D eigenvalue weighted by molar-refractivity contribution is 7.89. The molecule has 0 aliphatic rings. The van der Waals surface area contributed by atoms with Gasteiger partial charge in [-0.1, -0.05) is 12.1 Å². The average Bonchev–Trinajstić information content (AvgIpc) is 2.34. The van der Waals surface area contributed by atoms with Crippen molar-refractivity contribution in [2.75, 3.05) is 12.0 Å². The minimum absolute atomic E-state index is 0.00828. The van der Waals surface area contributed by atoms with E-state index in [0.717, 1.165) is 0 Å². The molecule has 0 saturated carbocycles. The van der Waals surface area contributed by atoms with Crippen molar-refractivity contribution in [3.63, 3.8) is 0 Å². The Morgan fingerprint density at radius 3 is 2.40 bits per heavy atom. The Bertz CT molecular complexity index is 579. The SMILES string of the molecule is CC(C)(C)NC(=O)CNS(=O)(=O)c1ccccc1NN. The second-order valence-corrected chi connectivity index (χ2v) is 7.00. The molecule has 112 valence electrons. The zero-order valence-corrected chi connectivity index (χ0v) is 12.5. The number of rotatable bonds is 5. The molecule has 0 spiro atoms. The largest absolute Gasteiger partial charge is 0.350 e. The second-order valence-electron chi connectivity index (χ2n) is 5.26. The number of sulfonamides is 1. The van der Waals surface area contributed by atoms with Crippen LogP contribution in [0.15, 0.2) is 29.2 Å². The van der Waals surface area contributed by atoms with E-state index in [1.807, 2.05) is 20.8 Å². The molecule has 0 unspecified atom stereocenters. The van der Waals surface area contributed by atoms with Gasteiger partial charge in [-0.2, -0.15) is 0 Å². The molecule has 1 rings (SSSR count). The molecule has 1 aromatic carbocycles. The molecule has 1 amide bonds. The van der Waals surface area contributed by atoms with Crippen LogP contribution in [-0.4, -0.2) is 26.4 Å². The number of nitrogens with two attached hydrogens (primary N) is 1. The third-order valence-corrected chi connectivity index (χ3v) is 3.73. The Morgan fingerprint density at radius 2 is 1.85 bits per heavy atom. The van der Waals surface area contributed by atoms with Gasteiger partial charge >= 0.3 is 0 Å². The third kappa shape index (κ3) is 4.80. The van der Waals surface area contributed by atoms with Crippen molar-refractivity contribution >= 4 is 21.6 Å². The lowest BCUT2D eigenvalue weighted by molar-refractivity contribution is -0.121. The van der Waals surface area contributed by atoms with Gasteiger partial charge in [-0.15, -0.1) is 0 Å². The van der Waals surface area contributed by atoms with Crippen molar-refractivity contribution in [1.29, 1.82) is 0 Å². The number of benzene rings is 1. The second kappa shape index (κ2) is 6.21. The molecule has 8 heteroatoms. The fourth-order valence-electron chi connectivity index (χ4n) is 1.52. The third-order valence-electron chi connectivity index (χ3n) is 2.27. The molecule has 20 heavy (non-hydrogen) atoms. The smallest absolute Gasteiger partial charge is 0.243 e. The molecule has 0 atom stereocenters. The van der Waals surface area contributed by atoms with Gasteiger partial charge in [-0.3, -0.25) is 10.6 Å². The lowest BCUT2D eigenvalue weighted by Gasteiger charge is -2.20. The molecule has 0 aliphatic heterocycles. The van der Waals surface area contributed by atoms with E-state index in [0.29, 0.717) is 0 Å². The summed E-state index contributed by atoms with van der Waals surface area (Å²) in [5.41, 5.74) is 2.15. The minimum atomic E-state index is -3.81. The molecule has 0 saturated heterocycles. The zero-order valence-electron chi connectivity index (χ0n) is 11.7. The van der Waals surface area contributed by atoms with Crippen molar-refractivity contribution in [1.82, 2.24) is 10.0 Å². The Balaban J connectivity index is 2.79. The van der Waals surface area contributed by atoms with Gasteiger partial charge in [-0.25, -0.2) is 13.1 Å². The van der Waals surface area contributed by atoms with Gasteiger partial charge in [-0.05, 0) is 32.9 Å². The van der Waals surface area contributed by atoms with Crippen LogP contribution in [0.1, 0.15) is 20.8 Å². The first-order chi connectivity index (χ1) is 9.15. The highest BCUT2D eigenvalue weighted by Gasteiger charge is 2.20. The maximum atomic E-state index is 12.1. The van der Waals surface area contributed by atoms with Crippen LogP contribution in [-0.2, 0) is 14.8 Å². The van der Waals surface area contributed by atoms with Gasteiger partial charge < -0.3 is 10.7 Å². The molecule has 0 fully saturated rings. The fourth-order valence-corrected chi connectivity index (χ4v) is 2.67. The topological polar surface area (TPSA) is 113 Å². The Labute approximate surface area is 119 Å². The number of nitrogen functional groups attached to an aromatic ring is 1. The first-order valence-electron chi connectivity index (χ1n) is 6.02. The van der Waals surface area contributed by atoms with Crippen LogP contribution in [0, 0.1) is 0 Å². The van der Waals surface area contributed by atoms with Crippen LogP contribution in [0.25, 0.3) is 0 Å². The lowest BCUT2D eigenvalue weighted by atomic mass is 10.1. The van der Waals surface area contributed by atoms with Crippen LogP contribution in [0.4, 0.5) is 5.69 Å². The first-order valence-corrected chi connectivity index (χ1v) is 7.50. The number of para-hydroxylation sites is 1. The summed E-state index contributed by atoms with van der Waals surface area (Å²) < 4.78 is 26.4. The molecular weight excluding hydrogens is 280 g/mol. The van der Waals surface area contributed by atoms with Gasteiger partial charge in [0.1, 0.15) is 4.90 Å². The number of amides is 1. The molecule has 7 nitrogen and oxygen atoms in total. The summed E-state index contributed by atoms with van der Waals surface area (Å²) in [4.78, 5) is 11.6. The van der Waals surface area contributed by atoms with E-state index >= 15 is 0 Å². The van der Waals surface area contributed by atoms with E-state index in [-0.39, 0.29) is 17.1 Å². The summed E-state index contributed by atoms with van der Waals surface area (Å²) in [6.07, 6.45) is 0. The van der Waals surface area contributed by atoms with Gasteiger partial charge in [0.15, 0.2) is 0 Å². The monoisotopic (exact) mass is 300 g/mol. The Morgan fingerprint density at radius 1 is 1.25 bits per heavy atom. The van der Waals surface area contributed by atoms with Crippen LogP contribution in [0.5, 0.6) is 0 Å². The van der Waals surface area contributed by atoms with Crippen molar-refractivity contribution in [3.8, 4) is 0 Å². The van der Waals surface area contributed by atoms with Crippen molar-refractivity contribution in [3.05, 3.63) is 24.3 Å². The average molecular weight is 300 g/mol. The Hall–Kier alpha value is -1.64. The highest BCUT2D eigenvalue weighted by atomic mass is 32.2. The fraction of sp³-hybridized carbons (Fsp3) is 0.417. The first kappa shape index (κ1) is 16.4. The predicted octanol–water partition coefficient (Wildman–Crippen LogP) is 0.165. The highest BCUT2D eigenvalue weighted by Crippen LogP contribution is 2.18. The lowest BCUT2D eigenvalue weighted by Crippen LogP contribution is -2.45. The summed E-state index contributed by atoms with van der Waals surface area (Å²) in [6, 6.07) is 6.16. The van der Waals surface area contributed by atoms with Gasteiger partial charge in [0.2, 0.25) is 15.9 Å². The van der Waals surface area contributed by atoms with E-state index in [4.69, 9.17) is 5.84 Å². The standard InChI is InChI=1S/C12H20N4O3S/c1-12(2,3)15-11(17)8-14-20(18,19)10-7-5-4-6-9(10)16-13/h4-7,14,16H,8,13H2,1-3H3,(H,15,17). The van der Waals surface area contributed by atoms with E-state index < -0.39 is 21.5 Å². The molecule has 1 aromatic rings. The van der Waals surface area contributed by atoms with Crippen molar-refractivity contribution < 1.29 is 13.2 Å². The number of carbonyl (C=O) groups is 1. The van der Waals surface area contributed by atoms with Crippen LogP contribution in [0.2, 0.25) is 0 Å². The quantitative estimate of drug-likeness (QED) is 0.457. The summed E-state index contributed by atoms with van der Waals surface area (Å²) in [6.45, 7) is 5.10. The normalized spacial score (nSPS) is 12.0. The van der Waals surface area contributed by atoms with Crippen LogP contribution < -0.4 is 21.3 Å². The van der Waals surface area contributed by atoms with Gasteiger partial charge in [0.25, 0.3) is 0 Å². The maximum Gasteiger partial charge on any atom is 0.243 e. The number of hydrazine groups is 1. The molecule has 0 heterocycles. The molecule has 5 N–H and O–H groups in total. The predicted molar refractivity (Wildman–Crippen MR) is 77.3 cm³/mol. The van der Waals surface area contributed by atoms with Crippen molar-refractivity contribution in [2.45, 2.75) is 31.2 Å². The number of nitrogens with one attached hydrogen (secondary N) is 3. The minimum Gasteiger partial charge on any atom is -0.350 e. The number of hydrogen-bond donors (Lipinski definition) is 4.